The van der Waals surface area contributed by atoms with Gasteiger partial charge in [0.15, 0.2) is 0 Å². The van der Waals surface area contributed by atoms with Crippen LogP contribution in [0.4, 0.5) is 0 Å². The molecule has 0 bridgehead atoms. The molecule has 0 heterocycles. The van der Waals surface area contributed by atoms with Gasteiger partial charge in [-0.1, -0.05) is 26.0 Å². The first kappa shape index (κ1) is 15.3. The van der Waals surface area contributed by atoms with Crippen molar-refractivity contribution in [1.29, 1.82) is 0 Å². The molecule has 1 rings (SSSR count). The molecule has 0 fully saturated rings. The summed E-state index contributed by atoms with van der Waals surface area (Å²) in [5.74, 6) is 0.871. The highest BCUT2D eigenvalue weighted by atomic mass is 35.5. The zero-order valence-electron chi connectivity index (χ0n) is 11.7. The van der Waals surface area contributed by atoms with Crippen molar-refractivity contribution >= 4 is 11.6 Å². The van der Waals surface area contributed by atoms with E-state index >= 15 is 0 Å². The lowest BCUT2D eigenvalue weighted by molar-refractivity contribution is 0.274. The van der Waals surface area contributed by atoms with E-state index in [0.717, 1.165) is 30.9 Å². The zero-order valence-corrected chi connectivity index (χ0v) is 12.4. The van der Waals surface area contributed by atoms with E-state index in [1.54, 1.807) is 7.11 Å². The minimum absolute atomic E-state index is 0.0261. The molecular weight excluding hydrogens is 246 g/mol. The van der Waals surface area contributed by atoms with Crippen molar-refractivity contribution in [3.8, 4) is 5.75 Å². The summed E-state index contributed by atoms with van der Waals surface area (Å²) in [4.78, 5) is 2.43. The summed E-state index contributed by atoms with van der Waals surface area (Å²) in [6.45, 7) is 7.54. The molecule has 0 aromatic heterocycles. The van der Waals surface area contributed by atoms with Crippen LogP contribution in [0.3, 0.4) is 0 Å². The van der Waals surface area contributed by atoms with E-state index in [2.05, 4.69) is 24.8 Å². The molecule has 0 amide bonds. The van der Waals surface area contributed by atoms with E-state index in [4.69, 9.17) is 16.3 Å². The number of hydrogen-bond donors (Lipinski definition) is 0. The Morgan fingerprint density at radius 2 is 1.89 bits per heavy atom. The molecule has 18 heavy (non-hydrogen) atoms. The summed E-state index contributed by atoms with van der Waals surface area (Å²) in [5.41, 5.74) is 1.13. The van der Waals surface area contributed by atoms with Crippen LogP contribution in [0.2, 0.25) is 0 Å². The Bertz CT molecular complexity index is 337. The fourth-order valence-corrected chi connectivity index (χ4v) is 2.43. The van der Waals surface area contributed by atoms with Crippen molar-refractivity contribution in [3.05, 3.63) is 29.8 Å². The Hall–Kier alpha value is -0.730. The number of ether oxygens (including phenoxy) is 1. The van der Waals surface area contributed by atoms with Gasteiger partial charge in [-0.15, -0.1) is 11.6 Å². The number of alkyl halides is 1. The normalized spacial score (nSPS) is 12.7. The van der Waals surface area contributed by atoms with E-state index < -0.39 is 0 Å². The van der Waals surface area contributed by atoms with Crippen molar-refractivity contribution in [2.75, 3.05) is 26.7 Å². The van der Waals surface area contributed by atoms with E-state index in [-0.39, 0.29) is 5.38 Å². The second kappa shape index (κ2) is 8.39. The molecule has 0 saturated carbocycles. The molecule has 0 aliphatic rings. The number of rotatable bonds is 8. The summed E-state index contributed by atoms with van der Waals surface area (Å²) in [7, 11) is 1.68. The van der Waals surface area contributed by atoms with Gasteiger partial charge in [-0.3, -0.25) is 0 Å². The van der Waals surface area contributed by atoms with Gasteiger partial charge in [0.05, 0.1) is 12.5 Å². The van der Waals surface area contributed by atoms with Gasteiger partial charge < -0.3 is 9.64 Å². The summed E-state index contributed by atoms with van der Waals surface area (Å²) in [6.07, 6.45) is 2.34. The van der Waals surface area contributed by atoms with Gasteiger partial charge >= 0.3 is 0 Å². The lowest BCUT2D eigenvalue weighted by Gasteiger charge is -2.24. The van der Waals surface area contributed by atoms with E-state index in [0.29, 0.717) is 0 Å². The van der Waals surface area contributed by atoms with Gasteiger partial charge in [0.2, 0.25) is 0 Å². The number of benzene rings is 1. The fourth-order valence-electron chi connectivity index (χ4n) is 2.10. The Morgan fingerprint density at radius 3 is 2.44 bits per heavy atom. The largest absolute Gasteiger partial charge is 0.497 e. The first-order valence-electron chi connectivity index (χ1n) is 6.71. The van der Waals surface area contributed by atoms with Crippen LogP contribution in [0, 0.1) is 0 Å². The summed E-state index contributed by atoms with van der Waals surface area (Å²) >= 11 is 6.50. The standard InChI is InChI=1S/C15H24ClNO/c1-4-9-17(10-5-2)12-15(16)13-7-6-8-14(11-13)18-3/h6-8,11,15H,4-5,9-10,12H2,1-3H3. The monoisotopic (exact) mass is 269 g/mol. The highest BCUT2D eigenvalue weighted by Gasteiger charge is 2.13. The van der Waals surface area contributed by atoms with Gasteiger partial charge in [0.1, 0.15) is 5.75 Å². The van der Waals surface area contributed by atoms with Gasteiger partial charge in [-0.2, -0.15) is 0 Å². The predicted molar refractivity (Wildman–Crippen MR) is 78.6 cm³/mol. The van der Waals surface area contributed by atoms with E-state index in [1.807, 2.05) is 18.2 Å². The van der Waals surface area contributed by atoms with Crippen molar-refractivity contribution in [1.82, 2.24) is 4.90 Å². The lowest BCUT2D eigenvalue weighted by Crippen LogP contribution is -2.28. The second-order valence-electron chi connectivity index (χ2n) is 4.54. The molecule has 3 heteroatoms. The maximum atomic E-state index is 6.50. The highest BCUT2D eigenvalue weighted by molar-refractivity contribution is 6.21. The molecular formula is C15H24ClNO. The Morgan fingerprint density at radius 1 is 1.22 bits per heavy atom. The van der Waals surface area contributed by atoms with Gasteiger partial charge in [0.25, 0.3) is 0 Å². The Labute approximate surface area is 116 Å². The molecule has 1 unspecified atom stereocenters. The van der Waals surface area contributed by atoms with Gasteiger partial charge in [-0.05, 0) is 43.6 Å². The van der Waals surface area contributed by atoms with Gasteiger partial charge in [0, 0.05) is 6.54 Å². The minimum atomic E-state index is 0.0261. The van der Waals surface area contributed by atoms with Crippen LogP contribution in [-0.4, -0.2) is 31.6 Å². The fraction of sp³-hybridized carbons (Fsp3) is 0.600. The van der Waals surface area contributed by atoms with Crippen LogP contribution >= 0.6 is 11.6 Å². The zero-order chi connectivity index (χ0) is 13.4. The summed E-state index contributed by atoms with van der Waals surface area (Å²) in [5, 5.41) is 0.0261. The van der Waals surface area contributed by atoms with E-state index in [9.17, 15) is 0 Å². The summed E-state index contributed by atoms with van der Waals surface area (Å²) in [6, 6.07) is 8.03. The quantitative estimate of drug-likeness (QED) is 0.659. The van der Waals surface area contributed by atoms with Crippen LogP contribution in [0.25, 0.3) is 0 Å². The average molecular weight is 270 g/mol. The minimum Gasteiger partial charge on any atom is -0.497 e. The van der Waals surface area contributed by atoms with Crippen LogP contribution in [0.15, 0.2) is 24.3 Å². The molecule has 0 radical (unpaired) electrons. The molecule has 0 spiro atoms. The van der Waals surface area contributed by atoms with Gasteiger partial charge in [-0.25, -0.2) is 0 Å². The molecule has 2 nitrogen and oxygen atoms in total. The van der Waals surface area contributed by atoms with Crippen molar-refractivity contribution < 1.29 is 4.74 Å². The third-order valence-electron chi connectivity index (χ3n) is 2.95. The highest BCUT2D eigenvalue weighted by Crippen LogP contribution is 2.25. The first-order valence-corrected chi connectivity index (χ1v) is 7.15. The van der Waals surface area contributed by atoms with Crippen molar-refractivity contribution in [3.63, 3.8) is 0 Å². The third kappa shape index (κ3) is 4.87. The van der Waals surface area contributed by atoms with Crippen molar-refractivity contribution in [2.45, 2.75) is 32.1 Å². The van der Waals surface area contributed by atoms with Crippen LogP contribution in [0.5, 0.6) is 5.75 Å². The topological polar surface area (TPSA) is 12.5 Å². The predicted octanol–water partition coefficient (Wildman–Crippen LogP) is 4.10. The SMILES string of the molecule is CCCN(CCC)CC(Cl)c1cccc(OC)c1. The lowest BCUT2D eigenvalue weighted by atomic mass is 10.1. The molecule has 0 aliphatic carbocycles. The van der Waals surface area contributed by atoms with Crippen molar-refractivity contribution in [2.24, 2.45) is 0 Å². The smallest absolute Gasteiger partial charge is 0.119 e. The molecule has 0 aliphatic heterocycles. The van der Waals surface area contributed by atoms with Crippen LogP contribution in [-0.2, 0) is 0 Å². The molecule has 1 aromatic rings. The molecule has 0 N–H and O–H groups in total. The molecule has 1 aromatic carbocycles. The first-order chi connectivity index (χ1) is 8.71. The van der Waals surface area contributed by atoms with E-state index in [1.165, 1.54) is 12.8 Å². The summed E-state index contributed by atoms with van der Waals surface area (Å²) < 4.78 is 5.23. The molecule has 1 atom stereocenters. The maximum absolute atomic E-state index is 6.50. The second-order valence-corrected chi connectivity index (χ2v) is 5.07. The number of methoxy groups -OCH3 is 1. The van der Waals surface area contributed by atoms with Crippen LogP contribution < -0.4 is 4.74 Å². The number of hydrogen-bond acceptors (Lipinski definition) is 2. The number of nitrogens with zero attached hydrogens (tertiary/aromatic N) is 1. The Kier molecular flexibility index (Phi) is 7.14. The third-order valence-corrected chi connectivity index (χ3v) is 3.34. The molecule has 0 saturated heterocycles. The van der Waals surface area contributed by atoms with Crippen LogP contribution in [0.1, 0.15) is 37.6 Å². The molecule has 102 valence electrons. The Balaban J connectivity index is 2.63. The number of halogens is 1. The maximum Gasteiger partial charge on any atom is 0.119 e. The average Bonchev–Trinajstić information content (AvgIpc) is 2.39.